The number of nitrogens with zero attached hydrogens (tertiary/aromatic N) is 2. The van der Waals surface area contributed by atoms with Crippen LogP contribution in [0.3, 0.4) is 0 Å². The zero-order valence-electron chi connectivity index (χ0n) is 11.2. The minimum atomic E-state index is -0.344. The van der Waals surface area contributed by atoms with Crippen molar-refractivity contribution in [2.45, 2.75) is 32.6 Å². The van der Waals surface area contributed by atoms with E-state index in [1.807, 2.05) is 35.0 Å². The Morgan fingerprint density at radius 3 is 2.50 bits per heavy atom. The fourth-order valence-corrected chi connectivity index (χ4v) is 2.42. The molecule has 5 heteroatoms. The third-order valence-electron chi connectivity index (χ3n) is 3.02. The summed E-state index contributed by atoms with van der Waals surface area (Å²) in [7, 11) is 0. The van der Waals surface area contributed by atoms with E-state index in [-0.39, 0.29) is 5.82 Å². The smallest absolute Gasteiger partial charge is 0.159 e. The van der Waals surface area contributed by atoms with E-state index in [1.165, 1.54) is 18.9 Å². The number of hydrogen-bond acceptors (Lipinski definition) is 2. The van der Waals surface area contributed by atoms with Crippen LogP contribution in [0.5, 0.6) is 0 Å². The van der Waals surface area contributed by atoms with Crippen LogP contribution in [0.4, 0.5) is 4.39 Å². The molecule has 2 rings (SSSR count). The molecule has 0 unspecified atom stereocenters. The monoisotopic (exact) mass is 404 g/mol. The summed E-state index contributed by atoms with van der Waals surface area (Å²) in [6.07, 6.45) is 8.14. The van der Waals surface area contributed by atoms with E-state index in [4.69, 9.17) is 11.6 Å². The van der Waals surface area contributed by atoms with Crippen molar-refractivity contribution >= 4 is 34.2 Å². The molecule has 0 bridgehead atoms. The Morgan fingerprint density at radius 1 is 1.20 bits per heavy atom. The summed E-state index contributed by atoms with van der Waals surface area (Å²) in [5.74, 6) is 0.158. The van der Waals surface area contributed by atoms with Crippen molar-refractivity contribution in [1.82, 2.24) is 9.97 Å². The first-order valence-corrected chi connectivity index (χ1v) is 8.03. The number of aromatic nitrogens is 2. The quantitative estimate of drug-likeness (QED) is 0.385. The van der Waals surface area contributed by atoms with Crippen LogP contribution in [-0.2, 0) is 6.42 Å². The zero-order chi connectivity index (χ0) is 14.5. The molecule has 0 aliphatic heterocycles. The summed E-state index contributed by atoms with van der Waals surface area (Å²) >= 11 is 7.86. The predicted octanol–water partition coefficient (Wildman–Crippen LogP) is 5.27. The summed E-state index contributed by atoms with van der Waals surface area (Å²) < 4.78 is 14.1. The number of unbranched alkanes of at least 4 members (excludes halogenated alkanes) is 2. The Labute approximate surface area is 136 Å². The Balaban J connectivity index is 2.17. The summed E-state index contributed by atoms with van der Waals surface area (Å²) in [5.41, 5.74) is 1.72. The minimum absolute atomic E-state index is 0.344. The Kier molecular flexibility index (Phi) is 5.72. The topological polar surface area (TPSA) is 25.8 Å². The Morgan fingerprint density at radius 2 is 1.90 bits per heavy atom. The second-order valence-corrected chi connectivity index (χ2v) is 6.11. The van der Waals surface area contributed by atoms with Gasteiger partial charge in [0.25, 0.3) is 0 Å². The van der Waals surface area contributed by atoms with Crippen LogP contribution < -0.4 is 0 Å². The van der Waals surface area contributed by atoms with Crippen molar-refractivity contribution < 1.29 is 4.39 Å². The zero-order valence-corrected chi connectivity index (χ0v) is 14.1. The second-order valence-electron chi connectivity index (χ2n) is 4.63. The molecule has 0 aliphatic carbocycles. The van der Waals surface area contributed by atoms with E-state index >= 15 is 0 Å². The Bertz CT molecular complexity index is 564. The fourth-order valence-electron chi connectivity index (χ4n) is 1.90. The molecule has 0 saturated carbocycles. The lowest BCUT2D eigenvalue weighted by Crippen LogP contribution is -1.94. The molecular weight excluding hydrogens is 390 g/mol. The van der Waals surface area contributed by atoms with E-state index in [9.17, 15) is 4.39 Å². The molecule has 0 fully saturated rings. The average molecular weight is 405 g/mol. The van der Waals surface area contributed by atoms with Gasteiger partial charge in [-0.15, -0.1) is 0 Å². The lowest BCUT2D eigenvalue weighted by atomic mass is 10.1. The lowest BCUT2D eigenvalue weighted by molar-refractivity contribution is 0.621. The molecule has 106 valence electrons. The highest BCUT2D eigenvalue weighted by Crippen LogP contribution is 2.27. The molecular formula is C15H15ClFIN2. The van der Waals surface area contributed by atoms with Crippen molar-refractivity contribution in [1.29, 1.82) is 0 Å². The highest BCUT2D eigenvalue weighted by atomic mass is 127. The van der Waals surface area contributed by atoms with Gasteiger partial charge in [0.1, 0.15) is 5.82 Å². The third kappa shape index (κ3) is 3.88. The Hall–Kier alpha value is -0.750. The van der Waals surface area contributed by atoms with Gasteiger partial charge in [0, 0.05) is 18.0 Å². The SMILES string of the molecule is CCCCCc1cnc(-c2cc(F)c(I)c(Cl)c2)nc1. The normalized spacial score (nSPS) is 10.8. The summed E-state index contributed by atoms with van der Waals surface area (Å²) in [6.45, 7) is 2.18. The average Bonchev–Trinajstić information content (AvgIpc) is 2.45. The molecule has 0 radical (unpaired) electrons. The largest absolute Gasteiger partial charge is 0.236 e. The molecule has 0 N–H and O–H groups in total. The van der Waals surface area contributed by atoms with Crippen LogP contribution in [0.2, 0.25) is 5.02 Å². The third-order valence-corrected chi connectivity index (χ3v) is 4.73. The van der Waals surface area contributed by atoms with Gasteiger partial charge in [0.05, 0.1) is 8.59 Å². The van der Waals surface area contributed by atoms with Gasteiger partial charge in [-0.05, 0) is 53.1 Å². The maximum Gasteiger partial charge on any atom is 0.159 e. The number of rotatable bonds is 5. The second kappa shape index (κ2) is 7.31. The summed E-state index contributed by atoms with van der Waals surface area (Å²) in [4.78, 5) is 8.60. The van der Waals surface area contributed by atoms with Crippen LogP contribution in [0.25, 0.3) is 11.4 Å². The predicted molar refractivity (Wildman–Crippen MR) is 88.4 cm³/mol. The standard InChI is InChI=1S/C15H15ClFIN2/c1-2-3-4-5-10-8-19-15(20-9-10)11-6-12(16)14(18)13(17)7-11/h6-9H,2-5H2,1H3. The minimum Gasteiger partial charge on any atom is -0.236 e. The van der Waals surface area contributed by atoms with Gasteiger partial charge in [-0.1, -0.05) is 31.4 Å². The molecule has 2 nitrogen and oxygen atoms in total. The van der Waals surface area contributed by atoms with E-state index in [0.29, 0.717) is 20.0 Å². The van der Waals surface area contributed by atoms with Crippen molar-refractivity contribution in [2.24, 2.45) is 0 Å². The van der Waals surface area contributed by atoms with Crippen molar-refractivity contribution in [3.05, 3.63) is 44.5 Å². The molecule has 2 aromatic rings. The molecule has 0 atom stereocenters. The first kappa shape index (κ1) is 15.6. The first-order valence-electron chi connectivity index (χ1n) is 6.57. The lowest BCUT2D eigenvalue weighted by Gasteiger charge is -2.05. The van der Waals surface area contributed by atoms with E-state index in [2.05, 4.69) is 16.9 Å². The van der Waals surface area contributed by atoms with E-state index in [1.54, 1.807) is 6.07 Å². The van der Waals surface area contributed by atoms with Crippen LogP contribution in [0.1, 0.15) is 31.7 Å². The molecule has 20 heavy (non-hydrogen) atoms. The molecule has 1 aromatic carbocycles. The van der Waals surface area contributed by atoms with Gasteiger partial charge in [-0.2, -0.15) is 0 Å². The van der Waals surface area contributed by atoms with Crippen molar-refractivity contribution in [3.8, 4) is 11.4 Å². The highest BCUT2D eigenvalue weighted by molar-refractivity contribution is 14.1. The number of benzene rings is 1. The van der Waals surface area contributed by atoms with Gasteiger partial charge in [0.15, 0.2) is 5.82 Å². The van der Waals surface area contributed by atoms with E-state index in [0.717, 1.165) is 18.4 Å². The fraction of sp³-hybridized carbons (Fsp3) is 0.333. The highest BCUT2D eigenvalue weighted by Gasteiger charge is 2.10. The molecule has 0 amide bonds. The molecule has 1 aromatic heterocycles. The maximum absolute atomic E-state index is 13.7. The number of hydrogen-bond donors (Lipinski definition) is 0. The number of halogens is 3. The molecule has 1 heterocycles. The van der Waals surface area contributed by atoms with Gasteiger partial charge in [-0.3, -0.25) is 0 Å². The number of aryl methyl sites for hydroxylation is 1. The van der Waals surface area contributed by atoms with Crippen LogP contribution in [0, 0.1) is 9.39 Å². The first-order chi connectivity index (χ1) is 9.61. The van der Waals surface area contributed by atoms with E-state index < -0.39 is 0 Å². The van der Waals surface area contributed by atoms with Gasteiger partial charge in [-0.25, -0.2) is 14.4 Å². The van der Waals surface area contributed by atoms with Crippen molar-refractivity contribution in [2.75, 3.05) is 0 Å². The van der Waals surface area contributed by atoms with Gasteiger partial charge < -0.3 is 0 Å². The summed E-state index contributed by atoms with van der Waals surface area (Å²) in [6, 6.07) is 3.11. The maximum atomic E-state index is 13.7. The van der Waals surface area contributed by atoms with Gasteiger partial charge in [0.2, 0.25) is 0 Å². The summed E-state index contributed by atoms with van der Waals surface area (Å²) in [5, 5.41) is 0.385. The molecule has 0 aliphatic rings. The molecule has 0 saturated heterocycles. The van der Waals surface area contributed by atoms with Gasteiger partial charge >= 0.3 is 0 Å². The van der Waals surface area contributed by atoms with Crippen molar-refractivity contribution in [3.63, 3.8) is 0 Å². The molecule has 0 spiro atoms. The van der Waals surface area contributed by atoms with Crippen LogP contribution >= 0.6 is 34.2 Å². The van der Waals surface area contributed by atoms with Crippen LogP contribution in [0.15, 0.2) is 24.5 Å². The van der Waals surface area contributed by atoms with Crippen LogP contribution in [-0.4, -0.2) is 9.97 Å².